The fourth-order valence-corrected chi connectivity index (χ4v) is 1.49. The quantitative estimate of drug-likeness (QED) is 0.618. The number of pyridine rings is 1. The molecule has 3 nitrogen and oxygen atoms in total. The van der Waals surface area contributed by atoms with Crippen LogP contribution >= 0.6 is 0 Å². The van der Waals surface area contributed by atoms with Gasteiger partial charge >= 0.3 is 0 Å². The molecule has 0 radical (unpaired) electrons. The fourth-order valence-electron chi connectivity index (χ4n) is 1.49. The molecule has 0 fully saturated rings. The van der Waals surface area contributed by atoms with Crippen LogP contribution in [0.25, 0.3) is 10.9 Å². The summed E-state index contributed by atoms with van der Waals surface area (Å²) >= 11 is 0. The predicted octanol–water partition coefficient (Wildman–Crippen LogP) is 1.73. The molecule has 0 aliphatic carbocycles. The Morgan fingerprint density at radius 2 is 1.86 bits per heavy atom. The second kappa shape index (κ2) is 2.87. The Labute approximate surface area is 81.6 Å². The minimum atomic E-state index is -0.0401. The van der Waals surface area contributed by atoms with Gasteiger partial charge in [-0.15, -0.1) is 0 Å². The summed E-state index contributed by atoms with van der Waals surface area (Å²) in [4.78, 5) is 14.2. The largest absolute Gasteiger partial charge is 0.398 e. The van der Waals surface area contributed by atoms with Gasteiger partial charge in [-0.2, -0.15) is 0 Å². The summed E-state index contributed by atoms with van der Waals surface area (Å²) in [7, 11) is 0. The molecule has 1 aromatic heterocycles. The summed E-state index contributed by atoms with van der Waals surface area (Å²) in [5.41, 5.74) is 9.03. The van der Waals surface area contributed by atoms with Crippen molar-refractivity contribution in [3.8, 4) is 0 Å². The zero-order valence-corrected chi connectivity index (χ0v) is 8.22. The molecule has 14 heavy (non-hydrogen) atoms. The SMILES string of the molecule is Cc1cc2[nH]c(=O)c(C)cc2cc1N. The van der Waals surface area contributed by atoms with Crippen molar-refractivity contribution < 1.29 is 0 Å². The van der Waals surface area contributed by atoms with E-state index in [0.29, 0.717) is 5.56 Å². The van der Waals surface area contributed by atoms with E-state index < -0.39 is 0 Å². The Morgan fingerprint density at radius 1 is 1.14 bits per heavy atom. The Morgan fingerprint density at radius 3 is 2.57 bits per heavy atom. The van der Waals surface area contributed by atoms with Gasteiger partial charge < -0.3 is 10.7 Å². The number of aryl methyl sites for hydroxylation is 2. The van der Waals surface area contributed by atoms with Crippen molar-refractivity contribution in [1.29, 1.82) is 0 Å². The molecule has 2 rings (SSSR count). The van der Waals surface area contributed by atoms with E-state index >= 15 is 0 Å². The van der Waals surface area contributed by atoms with Crippen LogP contribution in [-0.2, 0) is 0 Å². The molecule has 0 aliphatic heterocycles. The molecule has 2 aromatic rings. The highest BCUT2D eigenvalue weighted by molar-refractivity contribution is 5.83. The maximum absolute atomic E-state index is 11.3. The smallest absolute Gasteiger partial charge is 0.251 e. The van der Waals surface area contributed by atoms with Crippen LogP contribution in [0.4, 0.5) is 5.69 Å². The summed E-state index contributed by atoms with van der Waals surface area (Å²) in [5, 5.41) is 0.977. The zero-order valence-electron chi connectivity index (χ0n) is 8.22. The van der Waals surface area contributed by atoms with Crippen LogP contribution in [0.15, 0.2) is 23.0 Å². The lowest BCUT2D eigenvalue weighted by Gasteiger charge is -2.04. The topological polar surface area (TPSA) is 58.9 Å². The molecule has 1 aromatic carbocycles. The minimum Gasteiger partial charge on any atom is -0.398 e. The lowest BCUT2D eigenvalue weighted by atomic mass is 10.1. The van der Waals surface area contributed by atoms with Crippen molar-refractivity contribution in [3.05, 3.63) is 39.7 Å². The highest BCUT2D eigenvalue weighted by Crippen LogP contribution is 2.18. The molecule has 0 unspecified atom stereocenters. The number of rotatable bonds is 0. The van der Waals surface area contributed by atoms with E-state index in [9.17, 15) is 4.79 Å². The van der Waals surface area contributed by atoms with Gasteiger partial charge in [-0.3, -0.25) is 4.79 Å². The molecule has 1 heterocycles. The molecule has 0 amide bonds. The van der Waals surface area contributed by atoms with Gasteiger partial charge in [0.15, 0.2) is 0 Å². The van der Waals surface area contributed by atoms with Gasteiger partial charge in [-0.05, 0) is 37.6 Å². The summed E-state index contributed by atoms with van der Waals surface area (Å²) < 4.78 is 0. The number of aromatic nitrogens is 1. The number of H-pyrrole nitrogens is 1. The third-order valence-electron chi connectivity index (χ3n) is 2.42. The number of aromatic amines is 1. The Balaban J connectivity index is 2.90. The van der Waals surface area contributed by atoms with Crippen molar-refractivity contribution in [1.82, 2.24) is 4.98 Å². The van der Waals surface area contributed by atoms with Crippen molar-refractivity contribution >= 4 is 16.6 Å². The Bertz CT molecular complexity index is 555. The first kappa shape index (κ1) is 8.81. The van der Waals surface area contributed by atoms with Gasteiger partial charge in [0.1, 0.15) is 0 Å². The number of benzene rings is 1. The number of nitrogen functional groups attached to an aromatic ring is 1. The van der Waals surface area contributed by atoms with E-state index in [4.69, 9.17) is 5.73 Å². The van der Waals surface area contributed by atoms with Crippen molar-refractivity contribution in [2.45, 2.75) is 13.8 Å². The lowest BCUT2D eigenvalue weighted by Crippen LogP contribution is -2.08. The third kappa shape index (κ3) is 1.27. The average molecular weight is 188 g/mol. The lowest BCUT2D eigenvalue weighted by molar-refractivity contribution is 1.23. The first-order valence-corrected chi connectivity index (χ1v) is 4.47. The summed E-state index contributed by atoms with van der Waals surface area (Å²) in [6.07, 6.45) is 0. The first-order chi connectivity index (χ1) is 6.58. The molecule has 3 N–H and O–H groups in total. The highest BCUT2D eigenvalue weighted by atomic mass is 16.1. The molecule has 3 heteroatoms. The predicted molar refractivity (Wildman–Crippen MR) is 58.5 cm³/mol. The first-order valence-electron chi connectivity index (χ1n) is 4.47. The summed E-state index contributed by atoms with van der Waals surface area (Å²) in [6, 6.07) is 5.63. The number of anilines is 1. The molecular weight excluding hydrogens is 176 g/mol. The van der Waals surface area contributed by atoms with Gasteiger partial charge in [-0.1, -0.05) is 0 Å². The number of nitrogens with one attached hydrogen (secondary N) is 1. The van der Waals surface area contributed by atoms with Crippen LogP contribution in [0.5, 0.6) is 0 Å². The molecule has 72 valence electrons. The summed E-state index contributed by atoms with van der Waals surface area (Å²) in [6.45, 7) is 3.71. The maximum atomic E-state index is 11.3. The van der Waals surface area contributed by atoms with Gasteiger partial charge in [-0.25, -0.2) is 0 Å². The number of hydrogen-bond donors (Lipinski definition) is 2. The van der Waals surface area contributed by atoms with Crippen LogP contribution in [0.2, 0.25) is 0 Å². The standard InChI is InChI=1S/C11H12N2O/c1-6-4-10-8(5-9(6)12)3-7(2)11(14)13-10/h3-5H,12H2,1-2H3,(H,13,14). The van der Waals surface area contributed by atoms with E-state index in [1.807, 2.05) is 25.1 Å². The van der Waals surface area contributed by atoms with Gasteiger partial charge in [0.2, 0.25) is 0 Å². The number of fused-ring (bicyclic) bond motifs is 1. The second-order valence-electron chi connectivity index (χ2n) is 3.58. The average Bonchev–Trinajstić information content (AvgIpc) is 2.11. The molecular formula is C11H12N2O. The number of nitrogens with two attached hydrogens (primary N) is 1. The van der Waals surface area contributed by atoms with Crippen LogP contribution in [-0.4, -0.2) is 4.98 Å². The summed E-state index contributed by atoms with van der Waals surface area (Å²) in [5.74, 6) is 0. The van der Waals surface area contributed by atoms with Gasteiger partial charge in [0.05, 0.1) is 0 Å². The van der Waals surface area contributed by atoms with Crippen LogP contribution in [0.3, 0.4) is 0 Å². The molecule has 0 saturated carbocycles. The van der Waals surface area contributed by atoms with E-state index in [1.54, 1.807) is 6.92 Å². The van der Waals surface area contributed by atoms with Crippen LogP contribution < -0.4 is 11.3 Å². The second-order valence-corrected chi connectivity index (χ2v) is 3.58. The van der Waals surface area contributed by atoms with Crippen LogP contribution in [0.1, 0.15) is 11.1 Å². The fraction of sp³-hybridized carbons (Fsp3) is 0.182. The molecule has 0 bridgehead atoms. The molecule has 0 atom stereocenters. The van der Waals surface area contributed by atoms with E-state index in [0.717, 1.165) is 22.2 Å². The number of hydrogen-bond acceptors (Lipinski definition) is 2. The van der Waals surface area contributed by atoms with Crippen LogP contribution in [0, 0.1) is 13.8 Å². The van der Waals surface area contributed by atoms with Crippen molar-refractivity contribution in [2.24, 2.45) is 0 Å². The van der Waals surface area contributed by atoms with E-state index in [1.165, 1.54) is 0 Å². The van der Waals surface area contributed by atoms with Crippen molar-refractivity contribution in [3.63, 3.8) is 0 Å². The zero-order chi connectivity index (χ0) is 10.3. The normalized spacial score (nSPS) is 10.7. The Hall–Kier alpha value is -1.77. The molecule has 0 aliphatic rings. The van der Waals surface area contributed by atoms with Gasteiger partial charge in [0, 0.05) is 22.2 Å². The van der Waals surface area contributed by atoms with Gasteiger partial charge in [0.25, 0.3) is 5.56 Å². The molecule has 0 saturated heterocycles. The minimum absolute atomic E-state index is 0.0401. The monoisotopic (exact) mass is 188 g/mol. The van der Waals surface area contributed by atoms with E-state index in [2.05, 4.69) is 4.98 Å². The third-order valence-corrected chi connectivity index (χ3v) is 2.42. The highest BCUT2D eigenvalue weighted by Gasteiger charge is 2.01. The maximum Gasteiger partial charge on any atom is 0.251 e. The molecule has 0 spiro atoms. The van der Waals surface area contributed by atoms with E-state index in [-0.39, 0.29) is 5.56 Å². The van der Waals surface area contributed by atoms with Crippen molar-refractivity contribution in [2.75, 3.05) is 5.73 Å². The Kier molecular flexibility index (Phi) is 1.81.